The maximum absolute atomic E-state index is 13.4. The lowest BCUT2D eigenvalue weighted by molar-refractivity contribution is 0.564. The molecule has 0 heterocycles. The van der Waals surface area contributed by atoms with Gasteiger partial charge in [-0.2, -0.15) is 5.26 Å². The van der Waals surface area contributed by atoms with Crippen LogP contribution in [0.2, 0.25) is 0 Å². The molecule has 1 aromatic carbocycles. The number of halogens is 1. The van der Waals surface area contributed by atoms with Gasteiger partial charge < -0.3 is 0 Å². The van der Waals surface area contributed by atoms with Gasteiger partial charge in [-0.3, -0.25) is 0 Å². The van der Waals surface area contributed by atoms with E-state index in [4.69, 9.17) is 5.26 Å². The first kappa shape index (κ1) is 17.6. The summed E-state index contributed by atoms with van der Waals surface area (Å²) < 4.78 is 40.0. The normalized spacial score (nSPS) is 11.3. The first-order valence-electron chi connectivity index (χ1n) is 7.21. The van der Waals surface area contributed by atoms with Crippen LogP contribution in [0.3, 0.4) is 0 Å². The molecule has 0 amide bonds. The summed E-state index contributed by atoms with van der Waals surface area (Å²) in [7, 11) is -3.84. The van der Waals surface area contributed by atoms with E-state index in [1.54, 1.807) is 6.07 Å². The SMILES string of the molecule is CCCCCCCCNS(=O)(=O)c1cccc(F)c1C#N. The van der Waals surface area contributed by atoms with Gasteiger partial charge in [-0.1, -0.05) is 45.1 Å². The average Bonchev–Trinajstić information content (AvgIpc) is 2.46. The smallest absolute Gasteiger partial charge is 0.211 e. The molecule has 4 nitrogen and oxygen atoms in total. The molecule has 0 fully saturated rings. The van der Waals surface area contributed by atoms with Crippen molar-refractivity contribution in [2.75, 3.05) is 6.54 Å². The molecular formula is C15H21FN2O2S. The molecule has 21 heavy (non-hydrogen) atoms. The van der Waals surface area contributed by atoms with Crippen molar-refractivity contribution in [1.82, 2.24) is 4.72 Å². The standard InChI is InChI=1S/C15H21FN2O2S/c1-2-3-4-5-6-7-11-18-21(19,20)15-10-8-9-14(16)13(15)12-17/h8-10,18H,2-7,11H2,1H3. The van der Waals surface area contributed by atoms with Crippen LogP contribution in [-0.2, 0) is 10.0 Å². The Morgan fingerprint density at radius 2 is 1.86 bits per heavy atom. The number of nitrogens with zero attached hydrogens (tertiary/aromatic N) is 1. The highest BCUT2D eigenvalue weighted by molar-refractivity contribution is 7.89. The Kier molecular flexibility index (Phi) is 7.34. The molecule has 1 N–H and O–H groups in total. The number of hydrogen-bond acceptors (Lipinski definition) is 3. The zero-order valence-electron chi connectivity index (χ0n) is 12.2. The second-order valence-electron chi connectivity index (χ2n) is 4.89. The van der Waals surface area contributed by atoms with Crippen molar-refractivity contribution in [3.63, 3.8) is 0 Å². The van der Waals surface area contributed by atoms with Crippen LogP contribution in [0.4, 0.5) is 4.39 Å². The predicted molar refractivity (Wildman–Crippen MR) is 79.7 cm³/mol. The molecule has 0 aliphatic heterocycles. The molecule has 0 aliphatic carbocycles. The van der Waals surface area contributed by atoms with Crippen LogP contribution >= 0.6 is 0 Å². The lowest BCUT2D eigenvalue weighted by Crippen LogP contribution is -2.25. The minimum Gasteiger partial charge on any atom is -0.211 e. The van der Waals surface area contributed by atoms with Gasteiger partial charge >= 0.3 is 0 Å². The maximum atomic E-state index is 13.4. The summed E-state index contributed by atoms with van der Waals surface area (Å²) in [6, 6.07) is 5.20. The van der Waals surface area contributed by atoms with Crippen molar-refractivity contribution in [3.05, 3.63) is 29.6 Å². The third kappa shape index (κ3) is 5.44. The summed E-state index contributed by atoms with van der Waals surface area (Å²) in [5, 5.41) is 8.87. The fourth-order valence-corrected chi connectivity index (χ4v) is 3.26. The summed E-state index contributed by atoms with van der Waals surface area (Å²) in [6.07, 6.45) is 6.30. The lowest BCUT2D eigenvalue weighted by atomic mass is 10.1. The van der Waals surface area contributed by atoms with Gasteiger partial charge in [-0.15, -0.1) is 0 Å². The van der Waals surface area contributed by atoms with Crippen LogP contribution in [0.1, 0.15) is 51.0 Å². The second-order valence-corrected chi connectivity index (χ2v) is 6.63. The Balaban J connectivity index is 2.55. The van der Waals surface area contributed by atoms with E-state index in [-0.39, 0.29) is 4.90 Å². The highest BCUT2D eigenvalue weighted by atomic mass is 32.2. The monoisotopic (exact) mass is 312 g/mol. The van der Waals surface area contributed by atoms with Gasteiger partial charge in [-0.25, -0.2) is 17.5 Å². The quantitative estimate of drug-likeness (QED) is 0.711. The van der Waals surface area contributed by atoms with Crippen LogP contribution in [0.5, 0.6) is 0 Å². The van der Waals surface area contributed by atoms with Gasteiger partial charge in [0.1, 0.15) is 22.3 Å². The number of rotatable bonds is 9. The zero-order valence-corrected chi connectivity index (χ0v) is 13.0. The maximum Gasteiger partial charge on any atom is 0.241 e. The van der Waals surface area contributed by atoms with Crippen molar-refractivity contribution in [2.24, 2.45) is 0 Å². The highest BCUT2D eigenvalue weighted by Crippen LogP contribution is 2.17. The van der Waals surface area contributed by atoms with E-state index >= 15 is 0 Å². The molecule has 0 saturated heterocycles. The molecule has 6 heteroatoms. The first-order chi connectivity index (χ1) is 10.0. The van der Waals surface area contributed by atoms with Crippen LogP contribution in [-0.4, -0.2) is 15.0 Å². The van der Waals surface area contributed by atoms with E-state index < -0.39 is 21.4 Å². The molecular weight excluding hydrogens is 291 g/mol. The van der Waals surface area contributed by atoms with E-state index in [1.807, 2.05) is 0 Å². The van der Waals surface area contributed by atoms with E-state index in [9.17, 15) is 12.8 Å². The van der Waals surface area contributed by atoms with Gasteiger partial charge in [-0.05, 0) is 18.6 Å². The third-order valence-corrected chi connectivity index (χ3v) is 4.70. The van der Waals surface area contributed by atoms with Gasteiger partial charge in [0.2, 0.25) is 10.0 Å². The number of unbranched alkanes of at least 4 members (excludes halogenated alkanes) is 5. The van der Waals surface area contributed by atoms with Crippen molar-refractivity contribution < 1.29 is 12.8 Å². The number of benzene rings is 1. The highest BCUT2D eigenvalue weighted by Gasteiger charge is 2.20. The largest absolute Gasteiger partial charge is 0.241 e. The minimum absolute atomic E-state index is 0.295. The lowest BCUT2D eigenvalue weighted by Gasteiger charge is -2.08. The van der Waals surface area contributed by atoms with Crippen LogP contribution in [0, 0.1) is 17.1 Å². The summed E-state index contributed by atoms with van der Waals surface area (Å²) >= 11 is 0. The summed E-state index contributed by atoms with van der Waals surface area (Å²) in [4.78, 5) is -0.295. The Bertz CT molecular complexity index is 594. The topological polar surface area (TPSA) is 70.0 Å². The summed E-state index contributed by atoms with van der Waals surface area (Å²) in [5.74, 6) is -0.819. The van der Waals surface area contributed by atoms with Crippen LogP contribution in [0.25, 0.3) is 0 Å². The minimum atomic E-state index is -3.84. The van der Waals surface area contributed by atoms with Crippen molar-refractivity contribution in [2.45, 2.75) is 50.3 Å². The summed E-state index contributed by atoms with van der Waals surface area (Å²) in [5.41, 5.74) is -0.437. The van der Waals surface area contributed by atoms with Gasteiger partial charge in [0.15, 0.2) is 0 Å². The molecule has 1 aromatic rings. The van der Waals surface area contributed by atoms with Crippen molar-refractivity contribution in [1.29, 1.82) is 5.26 Å². The average molecular weight is 312 g/mol. The number of hydrogen-bond donors (Lipinski definition) is 1. The molecule has 0 atom stereocenters. The van der Waals surface area contributed by atoms with Crippen LogP contribution < -0.4 is 4.72 Å². The third-order valence-electron chi connectivity index (χ3n) is 3.20. The molecule has 0 radical (unpaired) electrons. The molecule has 0 unspecified atom stereocenters. The number of nitrogens with one attached hydrogen (secondary N) is 1. The summed E-state index contributed by atoms with van der Waals surface area (Å²) in [6.45, 7) is 2.44. The Morgan fingerprint density at radius 3 is 2.52 bits per heavy atom. The number of nitriles is 1. The van der Waals surface area contributed by atoms with Crippen molar-refractivity contribution >= 4 is 10.0 Å². The first-order valence-corrected chi connectivity index (χ1v) is 8.69. The molecule has 116 valence electrons. The van der Waals surface area contributed by atoms with Crippen molar-refractivity contribution in [3.8, 4) is 6.07 Å². The predicted octanol–water partition coefficient (Wildman–Crippen LogP) is 3.34. The molecule has 0 saturated carbocycles. The fourth-order valence-electron chi connectivity index (χ4n) is 2.03. The molecule has 0 aromatic heterocycles. The fraction of sp³-hybridized carbons (Fsp3) is 0.533. The van der Waals surface area contributed by atoms with E-state index in [0.29, 0.717) is 6.54 Å². The van der Waals surface area contributed by atoms with Crippen LogP contribution in [0.15, 0.2) is 23.1 Å². The Labute approximate surface area is 126 Å². The molecule has 1 rings (SSSR count). The van der Waals surface area contributed by atoms with Gasteiger partial charge in [0.25, 0.3) is 0 Å². The Morgan fingerprint density at radius 1 is 1.19 bits per heavy atom. The van der Waals surface area contributed by atoms with E-state index in [1.165, 1.54) is 25.0 Å². The Hall–Kier alpha value is -1.45. The molecule has 0 bridgehead atoms. The number of sulfonamides is 1. The van der Waals surface area contributed by atoms with Gasteiger partial charge in [0, 0.05) is 6.54 Å². The second kappa shape index (κ2) is 8.75. The molecule has 0 spiro atoms. The van der Waals surface area contributed by atoms with E-state index in [0.717, 1.165) is 31.7 Å². The van der Waals surface area contributed by atoms with E-state index in [2.05, 4.69) is 11.6 Å². The zero-order chi connectivity index (χ0) is 15.7. The van der Waals surface area contributed by atoms with Gasteiger partial charge in [0.05, 0.1) is 0 Å². The molecule has 0 aliphatic rings.